The predicted molar refractivity (Wildman–Crippen MR) is 90.0 cm³/mol. The number of likely N-dealkylation sites (tertiary alicyclic amines) is 2. The van der Waals surface area contributed by atoms with Gasteiger partial charge in [0.25, 0.3) is 0 Å². The van der Waals surface area contributed by atoms with Crippen molar-refractivity contribution in [2.24, 2.45) is 0 Å². The Morgan fingerprint density at radius 3 is 2.73 bits per heavy atom. The molecule has 4 nitrogen and oxygen atoms in total. The van der Waals surface area contributed by atoms with E-state index in [4.69, 9.17) is 4.98 Å². The van der Waals surface area contributed by atoms with Crippen LogP contribution in [0.1, 0.15) is 63.1 Å². The molecular weight excluding hydrogens is 294 g/mol. The molecule has 0 N–H and O–H groups in total. The first-order valence-corrected chi connectivity index (χ1v) is 9.39. The number of thiazole rings is 1. The largest absolute Gasteiger partial charge is 0.338 e. The van der Waals surface area contributed by atoms with Gasteiger partial charge in [0, 0.05) is 43.4 Å². The van der Waals surface area contributed by atoms with Crippen LogP contribution < -0.4 is 0 Å². The first kappa shape index (κ1) is 15.9. The highest BCUT2D eigenvalue weighted by molar-refractivity contribution is 7.09. The number of amides is 1. The van der Waals surface area contributed by atoms with E-state index in [1.807, 2.05) is 0 Å². The van der Waals surface area contributed by atoms with E-state index in [0.29, 0.717) is 18.0 Å². The molecule has 2 saturated heterocycles. The Balaban J connectivity index is 1.68. The molecule has 2 aliphatic rings. The molecule has 22 heavy (non-hydrogen) atoms. The van der Waals surface area contributed by atoms with Gasteiger partial charge in [0.15, 0.2) is 0 Å². The van der Waals surface area contributed by atoms with Crippen LogP contribution in [0.2, 0.25) is 0 Å². The van der Waals surface area contributed by atoms with Gasteiger partial charge in [-0.1, -0.05) is 13.8 Å². The van der Waals surface area contributed by atoms with Gasteiger partial charge in [0.1, 0.15) is 0 Å². The maximum Gasteiger partial charge on any atom is 0.219 e. The van der Waals surface area contributed by atoms with E-state index >= 15 is 0 Å². The van der Waals surface area contributed by atoms with E-state index in [0.717, 1.165) is 32.5 Å². The molecule has 1 amide bonds. The minimum absolute atomic E-state index is 0.241. The van der Waals surface area contributed by atoms with Crippen LogP contribution in [0.3, 0.4) is 0 Å². The second-order valence-electron chi connectivity index (χ2n) is 6.93. The van der Waals surface area contributed by atoms with Crippen molar-refractivity contribution in [1.29, 1.82) is 0 Å². The lowest BCUT2D eigenvalue weighted by molar-refractivity contribution is -0.130. The zero-order chi connectivity index (χ0) is 15.7. The Hall–Kier alpha value is -0.940. The zero-order valence-corrected chi connectivity index (χ0v) is 14.7. The summed E-state index contributed by atoms with van der Waals surface area (Å²) in [5.74, 6) is 0.751. The molecule has 0 aromatic carbocycles. The summed E-state index contributed by atoms with van der Waals surface area (Å²) in [6.07, 6.45) is 4.78. The molecular formula is C17H27N3OS. The van der Waals surface area contributed by atoms with Crippen molar-refractivity contribution < 1.29 is 4.79 Å². The summed E-state index contributed by atoms with van der Waals surface area (Å²) in [6, 6.07) is 0.943. The summed E-state index contributed by atoms with van der Waals surface area (Å²) in [6.45, 7) is 9.14. The topological polar surface area (TPSA) is 36.4 Å². The first-order valence-electron chi connectivity index (χ1n) is 8.52. The Morgan fingerprint density at radius 2 is 2.05 bits per heavy atom. The molecule has 2 aliphatic heterocycles. The van der Waals surface area contributed by atoms with Crippen LogP contribution in [0.15, 0.2) is 5.38 Å². The Labute approximate surface area is 137 Å². The van der Waals surface area contributed by atoms with Gasteiger partial charge in [-0.15, -0.1) is 11.3 Å². The molecule has 122 valence electrons. The molecule has 0 radical (unpaired) electrons. The number of hydrogen-bond acceptors (Lipinski definition) is 4. The lowest BCUT2D eigenvalue weighted by Crippen LogP contribution is -2.47. The van der Waals surface area contributed by atoms with Crippen LogP contribution in [-0.2, 0) is 11.3 Å². The van der Waals surface area contributed by atoms with E-state index in [2.05, 4.69) is 29.0 Å². The Morgan fingerprint density at radius 1 is 1.32 bits per heavy atom. The standard InChI is InChI=1S/C17H27N3OS/c1-12(2)17-18-14(11-22-17)10-19-8-4-6-15(19)16-7-5-9-20(16)13(3)21/h11-12,15-16H,4-10H2,1-3H3/t15-,16+/m1/s1. The van der Waals surface area contributed by atoms with Gasteiger partial charge in [0.05, 0.1) is 10.7 Å². The molecule has 2 fully saturated rings. The van der Waals surface area contributed by atoms with Crippen molar-refractivity contribution in [1.82, 2.24) is 14.8 Å². The average molecular weight is 321 g/mol. The normalized spacial score (nSPS) is 26.3. The number of nitrogens with zero attached hydrogens (tertiary/aromatic N) is 3. The number of carbonyl (C=O) groups is 1. The van der Waals surface area contributed by atoms with Crippen molar-refractivity contribution in [2.45, 2.75) is 71.0 Å². The smallest absolute Gasteiger partial charge is 0.219 e. The van der Waals surface area contributed by atoms with Crippen LogP contribution in [0.25, 0.3) is 0 Å². The van der Waals surface area contributed by atoms with Crippen LogP contribution >= 0.6 is 11.3 Å². The van der Waals surface area contributed by atoms with Gasteiger partial charge in [-0.25, -0.2) is 4.98 Å². The highest BCUT2D eigenvalue weighted by atomic mass is 32.1. The van der Waals surface area contributed by atoms with Gasteiger partial charge in [0.2, 0.25) is 5.91 Å². The first-order chi connectivity index (χ1) is 10.6. The third kappa shape index (κ3) is 3.20. The number of aromatic nitrogens is 1. The lowest BCUT2D eigenvalue weighted by Gasteiger charge is -2.34. The van der Waals surface area contributed by atoms with E-state index < -0.39 is 0 Å². The molecule has 3 heterocycles. The average Bonchev–Trinajstić information content (AvgIpc) is 3.17. The maximum absolute atomic E-state index is 11.9. The fourth-order valence-electron chi connectivity index (χ4n) is 3.94. The summed E-state index contributed by atoms with van der Waals surface area (Å²) in [5.41, 5.74) is 1.20. The molecule has 1 aromatic rings. The quantitative estimate of drug-likeness (QED) is 0.854. The van der Waals surface area contributed by atoms with Gasteiger partial charge in [-0.05, 0) is 32.2 Å². The minimum Gasteiger partial charge on any atom is -0.338 e. The summed E-state index contributed by atoms with van der Waals surface area (Å²) >= 11 is 1.78. The van der Waals surface area contributed by atoms with Crippen molar-refractivity contribution in [3.8, 4) is 0 Å². The molecule has 1 aromatic heterocycles. The Kier molecular flexibility index (Phi) is 4.83. The molecule has 0 unspecified atom stereocenters. The second kappa shape index (κ2) is 6.67. The van der Waals surface area contributed by atoms with E-state index in [1.54, 1.807) is 18.3 Å². The van der Waals surface area contributed by atoms with Gasteiger partial charge < -0.3 is 4.90 Å². The molecule has 0 bridgehead atoms. The minimum atomic E-state index is 0.241. The molecule has 5 heteroatoms. The van der Waals surface area contributed by atoms with Crippen molar-refractivity contribution in [3.63, 3.8) is 0 Å². The highest BCUT2D eigenvalue weighted by Gasteiger charge is 2.38. The van der Waals surface area contributed by atoms with Gasteiger partial charge >= 0.3 is 0 Å². The van der Waals surface area contributed by atoms with Crippen molar-refractivity contribution in [3.05, 3.63) is 16.1 Å². The fourth-order valence-corrected chi connectivity index (χ4v) is 4.76. The second-order valence-corrected chi connectivity index (χ2v) is 7.82. The van der Waals surface area contributed by atoms with Crippen molar-refractivity contribution >= 4 is 17.2 Å². The molecule has 0 aliphatic carbocycles. The van der Waals surface area contributed by atoms with Crippen LogP contribution in [0.4, 0.5) is 0 Å². The van der Waals surface area contributed by atoms with Crippen LogP contribution in [0, 0.1) is 0 Å². The van der Waals surface area contributed by atoms with Crippen LogP contribution in [-0.4, -0.2) is 45.9 Å². The molecule has 0 saturated carbocycles. The predicted octanol–water partition coefficient (Wildman–Crippen LogP) is 3.24. The SMILES string of the molecule is CC(=O)N1CCC[C@H]1[C@H]1CCCN1Cc1csc(C(C)C)n1. The third-order valence-electron chi connectivity index (χ3n) is 4.99. The van der Waals surface area contributed by atoms with E-state index in [9.17, 15) is 4.79 Å². The lowest BCUT2D eigenvalue weighted by atomic mass is 10.0. The maximum atomic E-state index is 11.9. The van der Waals surface area contributed by atoms with Crippen LogP contribution in [0.5, 0.6) is 0 Å². The monoisotopic (exact) mass is 321 g/mol. The number of carbonyl (C=O) groups excluding carboxylic acids is 1. The van der Waals surface area contributed by atoms with E-state index in [-0.39, 0.29) is 5.91 Å². The number of rotatable bonds is 4. The summed E-state index contributed by atoms with van der Waals surface area (Å²) in [4.78, 5) is 21.3. The van der Waals surface area contributed by atoms with E-state index in [1.165, 1.54) is 23.5 Å². The summed E-state index contributed by atoms with van der Waals surface area (Å²) in [5, 5.41) is 3.44. The molecule has 3 rings (SSSR count). The van der Waals surface area contributed by atoms with Crippen molar-refractivity contribution in [2.75, 3.05) is 13.1 Å². The fraction of sp³-hybridized carbons (Fsp3) is 0.765. The summed E-state index contributed by atoms with van der Waals surface area (Å²) in [7, 11) is 0. The molecule has 0 spiro atoms. The third-order valence-corrected chi connectivity index (χ3v) is 6.18. The molecule has 2 atom stereocenters. The van der Waals surface area contributed by atoms with Gasteiger partial charge in [-0.3, -0.25) is 9.69 Å². The zero-order valence-electron chi connectivity index (χ0n) is 13.9. The summed E-state index contributed by atoms with van der Waals surface area (Å²) < 4.78 is 0. The highest BCUT2D eigenvalue weighted by Crippen LogP contribution is 2.31. The number of hydrogen-bond donors (Lipinski definition) is 0. The van der Waals surface area contributed by atoms with Gasteiger partial charge in [-0.2, -0.15) is 0 Å². The Bertz CT molecular complexity index is 528.